The fraction of sp³-hybridized carbons (Fsp3) is 0.444. The SMILES string of the molecule is CC(C)NC(=O)N(Cc1csc(COc2ccc(Cl)cc2)n1)C(C)C. The first kappa shape index (κ1) is 19.5. The van der Waals surface area contributed by atoms with Crippen molar-refractivity contribution < 1.29 is 9.53 Å². The molecule has 0 aliphatic heterocycles. The van der Waals surface area contributed by atoms with E-state index in [1.165, 1.54) is 11.3 Å². The molecule has 0 saturated heterocycles. The summed E-state index contributed by atoms with van der Waals surface area (Å²) in [5.41, 5.74) is 0.868. The Labute approximate surface area is 158 Å². The normalized spacial score (nSPS) is 11.0. The average molecular weight is 382 g/mol. The molecule has 136 valence electrons. The molecule has 0 aliphatic carbocycles. The molecule has 7 heteroatoms. The number of rotatable bonds is 7. The van der Waals surface area contributed by atoms with E-state index >= 15 is 0 Å². The lowest BCUT2D eigenvalue weighted by Crippen LogP contribution is -2.45. The van der Waals surface area contributed by atoms with Gasteiger partial charge in [0.15, 0.2) is 0 Å². The van der Waals surface area contributed by atoms with E-state index in [0.29, 0.717) is 18.2 Å². The van der Waals surface area contributed by atoms with Gasteiger partial charge in [0.25, 0.3) is 0 Å². The summed E-state index contributed by atoms with van der Waals surface area (Å²) in [7, 11) is 0. The minimum absolute atomic E-state index is 0.0723. The van der Waals surface area contributed by atoms with Crippen LogP contribution in [0, 0.1) is 0 Å². The maximum Gasteiger partial charge on any atom is 0.318 e. The number of carbonyl (C=O) groups excluding carboxylic acids is 1. The summed E-state index contributed by atoms with van der Waals surface area (Å²) >= 11 is 7.39. The first-order valence-electron chi connectivity index (χ1n) is 8.24. The van der Waals surface area contributed by atoms with Crippen LogP contribution in [0.4, 0.5) is 4.79 Å². The van der Waals surface area contributed by atoms with Crippen LogP contribution in [-0.4, -0.2) is 28.0 Å². The molecule has 1 heterocycles. The van der Waals surface area contributed by atoms with E-state index in [-0.39, 0.29) is 18.1 Å². The van der Waals surface area contributed by atoms with Gasteiger partial charge in [0, 0.05) is 22.5 Å². The second-order valence-electron chi connectivity index (χ2n) is 6.30. The summed E-state index contributed by atoms with van der Waals surface area (Å²) in [5, 5.41) is 6.45. The van der Waals surface area contributed by atoms with Crippen LogP contribution in [0.2, 0.25) is 5.02 Å². The Morgan fingerprint density at radius 2 is 1.96 bits per heavy atom. The molecular weight excluding hydrogens is 358 g/mol. The van der Waals surface area contributed by atoms with E-state index in [9.17, 15) is 4.79 Å². The Balaban J connectivity index is 1.94. The zero-order valence-electron chi connectivity index (χ0n) is 15.0. The Kier molecular flexibility index (Phi) is 7.08. The Hall–Kier alpha value is -1.79. The third-order valence-corrected chi connectivity index (χ3v) is 4.53. The van der Waals surface area contributed by atoms with Crippen LogP contribution < -0.4 is 10.1 Å². The van der Waals surface area contributed by atoms with E-state index in [4.69, 9.17) is 16.3 Å². The van der Waals surface area contributed by atoms with E-state index < -0.39 is 0 Å². The number of hydrogen-bond acceptors (Lipinski definition) is 4. The number of carbonyl (C=O) groups is 1. The molecule has 2 amide bonds. The summed E-state index contributed by atoms with van der Waals surface area (Å²) < 4.78 is 5.71. The smallest absolute Gasteiger partial charge is 0.318 e. The summed E-state index contributed by atoms with van der Waals surface area (Å²) in [6, 6.07) is 7.36. The lowest BCUT2D eigenvalue weighted by molar-refractivity contribution is 0.176. The standard InChI is InChI=1S/C18H24ClN3O2S/c1-12(2)20-18(23)22(13(3)4)9-15-11-25-17(21-15)10-24-16-7-5-14(19)6-8-16/h5-8,11-13H,9-10H2,1-4H3,(H,20,23). The van der Waals surface area contributed by atoms with Crippen molar-refractivity contribution in [2.45, 2.75) is 52.9 Å². The third-order valence-electron chi connectivity index (χ3n) is 3.40. The minimum Gasteiger partial charge on any atom is -0.486 e. The first-order chi connectivity index (χ1) is 11.8. The molecule has 1 aromatic heterocycles. The van der Waals surface area contributed by atoms with Gasteiger partial charge in [-0.1, -0.05) is 11.6 Å². The number of urea groups is 1. The van der Waals surface area contributed by atoms with Crippen molar-refractivity contribution in [1.82, 2.24) is 15.2 Å². The van der Waals surface area contributed by atoms with Crippen LogP contribution in [0.5, 0.6) is 5.75 Å². The van der Waals surface area contributed by atoms with Crippen LogP contribution in [-0.2, 0) is 13.2 Å². The second-order valence-corrected chi connectivity index (χ2v) is 7.68. The van der Waals surface area contributed by atoms with Gasteiger partial charge in [-0.15, -0.1) is 11.3 Å². The fourth-order valence-electron chi connectivity index (χ4n) is 2.16. The molecule has 25 heavy (non-hydrogen) atoms. The Morgan fingerprint density at radius 1 is 1.28 bits per heavy atom. The Bertz CT molecular complexity index is 686. The van der Waals surface area contributed by atoms with Gasteiger partial charge in [-0.25, -0.2) is 9.78 Å². The predicted molar refractivity (Wildman–Crippen MR) is 102 cm³/mol. The first-order valence-corrected chi connectivity index (χ1v) is 9.49. The molecule has 0 spiro atoms. The van der Waals surface area contributed by atoms with Crippen molar-refractivity contribution in [1.29, 1.82) is 0 Å². The molecule has 0 fully saturated rings. The van der Waals surface area contributed by atoms with Crippen LogP contribution in [0.1, 0.15) is 38.4 Å². The third kappa shape index (κ3) is 6.21. The highest BCUT2D eigenvalue weighted by Crippen LogP contribution is 2.19. The van der Waals surface area contributed by atoms with Gasteiger partial charge in [-0.2, -0.15) is 0 Å². The molecule has 0 saturated carbocycles. The number of benzene rings is 1. The minimum atomic E-state index is -0.0723. The van der Waals surface area contributed by atoms with Gasteiger partial charge in [-0.3, -0.25) is 0 Å². The molecule has 1 N–H and O–H groups in total. The number of halogens is 1. The van der Waals surface area contributed by atoms with Crippen molar-refractivity contribution >= 4 is 29.0 Å². The van der Waals surface area contributed by atoms with Crippen LogP contribution >= 0.6 is 22.9 Å². The molecule has 0 atom stereocenters. The summed E-state index contributed by atoms with van der Waals surface area (Å²) in [5.74, 6) is 0.751. The van der Waals surface area contributed by atoms with Crippen LogP contribution in [0.3, 0.4) is 0 Å². The molecular formula is C18H24ClN3O2S. The van der Waals surface area contributed by atoms with Gasteiger partial charge >= 0.3 is 6.03 Å². The van der Waals surface area contributed by atoms with Crippen molar-refractivity contribution in [2.75, 3.05) is 0 Å². The van der Waals surface area contributed by atoms with Crippen molar-refractivity contribution in [3.63, 3.8) is 0 Å². The summed E-state index contributed by atoms with van der Waals surface area (Å²) in [4.78, 5) is 18.6. The van der Waals surface area contributed by atoms with Crippen LogP contribution in [0.25, 0.3) is 0 Å². The molecule has 0 unspecified atom stereocenters. The number of hydrogen-bond donors (Lipinski definition) is 1. The summed E-state index contributed by atoms with van der Waals surface area (Å²) in [6.45, 7) is 8.77. The van der Waals surface area contributed by atoms with Gasteiger partial charge in [0.1, 0.15) is 17.4 Å². The highest BCUT2D eigenvalue weighted by Gasteiger charge is 2.19. The quantitative estimate of drug-likeness (QED) is 0.756. The number of nitrogens with one attached hydrogen (secondary N) is 1. The number of amides is 2. The maximum absolute atomic E-state index is 12.3. The molecule has 0 aliphatic rings. The lowest BCUT2D eigenvalue weighted by atomic mass is 10.3. The lowest BCUT2D eigenvalue weighted by Gasteiger charge is -2.27. The zero-order valence-corrected chi connectivity index (χ0v) is 16.5. The highest BCUT2D eigenvalue weighted by atomic mass is 35.5. The Morgan fingerprint density at radius 3 is 2.56 bits per heavy atom. The van der Waals surface area contributed by atoms with E-state index in [1.54, 1.807) is 17.0 Å². The molecule has 0 radical (unpaired) electrons. The number of ether oxygens (including phenoxy) is 1. The topological polar surface area (TPSA) is 54.5 Å². The van der Waals surface area contributed by atoms with E-state index in [2.05, 4.69) is 10.3 Å². The van der Waals surface area contributed by atoms with Crippen molar-refractivity contribution in [3.05, 3.63) is 45.4 Å². The number of thiazole rings is 1. The van der Waals surface area contributed by atoms with Gasteiger partial charge in [0.2, 0.25) is 0 Å². The molecule has 1 aromatic carbocycles. The summed E-state index contributed by atoms with van der Waals surface area (Å²) in [6.07, 6.45) is 0. The van der Waals surface area contributed by atoms with Crippen LogP contribution in [0.15, 0.2) is 29.6 Å². The van der Waals surface area contributed by atoms with E-state index in [1.807, 2.05) is 45.2 Å². The molecule has 0 bridgehead atoms. The fourth-order valence-corrected chi connectivity index (χ4v) is 2.98. The van der Waals surface area contributed by atoms with Gasteiger partial charge in [0.05, 0.1) is 12.2 Å². The van der Waals surface area contributed by atoms with Gasteiger partial charge in [-0.05, 0) is 52.0 Å². The highest BCUT2D eigenvalue weighted by molar-refractivity contribution is 7.09. The predicted octanol–water partition coefficient (Wildman–Crippen LogP) is 4.70. The van der Waals surface area contributed by atoms with E-state index in [0.717, 1.165) is 16.5 Å². The zero-order chi connectivity index (χ0) is 18.4. The maximum atomic E-state index is 12.3. The van der Waals surface area contributed by atoms with Crippen molar-refractivity contribution in [3.8, 4) is 5.75 Å². The monoisotopic (exact) mass is 381 g/mol. The number of nitrogens with zero attached hydrogens (tertiary/aromatic N) is 2. The largest absolute Gasteiger partial charge is 0.486 e. The second kappa shape index (κ2) is 9.06. The number of aromatic nitrogens is 1. The molecule has 5 nitrogen and oxygen atoms in total. The van der Waals surface area contributed by atoms with Crippen molar-refractivity contribution in [2.24, 2.45) is 0 Å². The average Bonchev–Trinajstić information content (AvgIpc) is 2.98. The molecule has 2 aromatic rings. The molecule has 2 rings (SSSR count). The van der Waals surface area contributed by atoms with Gasteiger partial charge < -0.3 is 15.0 Å².